The minimum atomic E-state index is 0.418. The summed E-state index contributed by atoms with van der Waals surface area (Å²) < 4.78 is 1.16. The Morgan fingerprint density at radius 2 is 1.90 bits per heavy atom. The number of anilines is 2. The van der Waals surface area contributed by atoms with E-state index in [1.54, 1.807) is 11.3 Å². The molecule has 1 aliphatic carbocycles. The molecule has 1 aliphatic rings. The van der Waals surface area contributed by atoms with E-state index in [0.29, 0.717) is 6.04 Å². The fraction of sp³-hybridized carbons (Fsp3) is 0.235. The summed E-state index contributed by atoms with van der Waals surface area (Å²) in [5.74, 6) is 0. The number of benzene rings is 2. The Labute approximate surface area is 127 Å². The van der Waals surface area contributed by atoms with Crippen molar-refractivity contribution in [3.8, 4) is 0 Å². The van der Waals surface area contributed by atoms with E-state index in [1.165, 1.54) is 11.1 Å². The van der Waals surface area contributed by atoms with Gasteiger partial charge in [-0.05, 0) is 43.0 Å². The van der Waals surface area contributed by atoms with Crippen LogP contribution in [0.1, 0.15) is 16.1 Å². The van der Waals surface area contributed by atoms with Crippen molar-refractivity contribution in [1.29, 1.82) is 0 Å². The van der Waals surface area contributed by atoms with Gasteiger partial charge < -0.3 is 11.1 Å². The molecule has 1 aromatic heterocycles. The van der Waals surface area contributed by atoms with Gasteiger partial charge in [0.25, 0.3) is 0 Å². The number of nitrogen functional groups attached to an aromatic ring is 1. The molecule has 4 heteroatoms. The smallest absolute Gasteiger partial charge is 0.0907 e. The zero-order valence-corrected chi connectivity index (χ0v) is 12.7. The molecule has 0 unspecified atom stereocenters. The number of thiazole rings is 1. The molecule has 0 radical (unpaired) electrons. The van der Waals surface area contributed by atoms with Crippen LogP contribution in [0.2, 0.25) is 0 Å². The van der Waals surface area contributed by atoms with Gasteiger partial charge in [-0.3, -0.25) is 0 Å². The number of aromatic nitrogens is 1. The van der Waals surface area contributed by atoms with Crippen molar-refractivity contribution in [3.05, 3.63) is 52.5 Å². The summed E-state index contributed by atoms with van der Waals surface area (Å²) in [6.45, 7) is 2.03. The number of nitrogens with two attached hydrogens (primary N) is 1. The van der Waals surface area contributed by atoms with Crippen LogP contribution >= 0.6 is 11.3 Å². The summed E-state index contributed by atoms with van der Waals surface area (Å²) in [6.07, 6.45) is 2.12. The molecule has 0 spiro atoms. The van der Waals surface area contributed by atoms with E-state index >= 15 is 0 Å². The van der Waals surface area contributed by atoms with Gasteiger partial charge in [-0.25, -0.2) is 4.98 Å². The fourth-order valence-corrected chi connectivity index (χ4v) is 3.97. The molecule has 3 N–H and O–H groups in total. The lowest BCUT2D eigenvalue weighted by molar-refractivity contribution is 0.775. The molecule has 2 aromatic carbocycles. The lowest BCUT2D eigenvalue weighted by Gasteiger charge is -2.15. The highest BCUT2D eigenvalue weighted by molar-refractivity contribution is 7.18. The van der Waals surface area contributed by atoms with Crippen molar-refractivity contribution in [1.82, 2.24) is 4.98 Å². The van der Waals surface area contributed by atoms with Crippen molar-refractivity contribution >= 4 is 32.9 Å². The standard InChI is InChI=1S/C17H17N3S/c1-10-19-16-9-15(14(18)8-17(16)21-10)20-13-6-11-4-2-3-5-12(11)7-13/h2-5,8-9,13,20H,6-7,18H2,1H3. The molecule has 3 nitrogen and oxygen atoms in total. The molecule has 0 saturated carbocycles. The molecule has 106 valence electrons. The molecule has 0 atom stereocenters. The highest BCUT2D eigenvalue weighted by atomic mass is 32.1. The number of aryl methyl sites for hydroxylation is 1. The first-order chi connectivity index (χ1) is 10.2. The fourth-order valence-electron chi connectivity index (χ4n) is 3.11. The van der Waals surface area contributed by atoms with Crippen LogP contribution in [0.25, 0.3) is 10.2 Å². The second-order valence-electron chi connectivity index (χ2n) is 5.66. The molecule has 0 fully saturated rings. The van der Waals surface area contributed by atoms with Crippen molar-refractivity contribution < 1.29 is 0 Å². The Morgan fingerprint density at radius 1 is 1.19 bits per heavy atom. The number of rotatable bonds is 2. The minimum absolute atomic E-state index is 0.418. The van der Waals surface area contributed by atoms with Crippen LogP contribution in [0, 0.1) is 6.92 Å². The van der Waals surface area contributed by atoms with E-state index in [4.69, 9.17) is 5.73 Å². The van der Waals surface area contributed by atoms with E-state index < -0.39 is 0 Å². The second-order valence-corrected chi connectivity index (χ2v) is 6.89. The zero-order valence-electron chi connectivity index (χ0n) is 11.9. The quantitative estimate of drug-likeness (QED) is 0.708. The highest BCUT2D eigenvalue weighted by Gasteiger charge is 2.21. The average Bonchev–Trinajstić information content (AvgIpc) is 3.00. The molecular formula is C17H17N3S. The zero-order chi connectivity index (χ0) is 14.4. The van der Waals surface area contributed by atoms with Gasteiger partial charge in [-0.1, -0.05) is 24.3 Å². The maximum atomic E-state index is 6.20. The van der Waals surface area contributed by atoms with E-state index in [9.17, 15) is 0 Å². The summed E-state index contributed by atoms with van der Waals surface area (Å²) in [5, 5.41) is 4.68. The third kappa shape index (κ3) is 2.25. The van der Waals surface area contributed by atoms with Crippen LogP contribution in [0.5, 0.6) is 0 Å². The summed E-state index contributed by atoms with van der Waals surface area (Å²) in [4.78, 5) is 4.55. The minimum Gasteiger partial charge on any atom is -0.397 e. The summed E-state index contributed by atoms with van der Waals surface area (Å²) >= 11 is 1.69. The number of nitrogens with one attached hydrogen (secondary N) is 1. The Bertz CT molecular complexity index is 797. The van der Waals surface area contributed by atoms with Gasteiger partial charge in [-0.2, -0.15) is 0 Å². The molecule has 0 saturated heterocycles. The predicted octanol–water partition coefficient (Wildman–Crippen LogP) is 3.77. The molecule has 4 rings (SSSR count). The van der Waals surface area contributed by atoms with E-state index in [1.807, 2.05) is 13.0 Å². The number of nitrogens with zero attached hydrogens (tertiary/aromatic N) is 1. The van der Waals surface area contributed by atoms with Gasteiger partial charge in [-0.15, -0.1) is 11.3 Å². The lowest BCUT2D eigenvalue weighted by atomic mass is 10.1. The largest absolute Gasteiger partial charge is 0.397 e. The van der Waals surface area contributed by atoms with Crippen LogP contribution in [0.3, 0.4) is 0 Å². The average molecular weight is 295 g/mol. The van der Waals surface area contributed by atoms with Gasteiger partial charge in [0.05, 0.1) is 26.6 Å². The topological polar surface area (TPSA) is 50.9 Å². The van der Waals surface area contributed by atoms with E-state index in [-0.39, 0.29) is 0 Å². The van der Waals surface area contributed by atoms with Gasteiger partial charge >= 0.3 is 0 Å². The Balaban J connectivity index is 1.62. The molecule has 1 heterocycles. The Kier molecular flexibility index (Phi) is 2.86. The van der Waals surface area contributed by atoms with Crippen LogP contribution in [-0.2, 0) is 12.8 Å². The summed E-state index contributed by atoms with van der Waals surface area (Å²) in [5.41, 5.74) is 11.9. The number of hydrogen-bond acceptors (Lipinski definition) is 4. The number of fused-ring (bicyclic) bond motifs is 2. The molecular weight excluding hydrogens is 278 g/mol. The number of hydrogen-bond donors (Lipinski definition) is 2. The second kappa shape index (κ2) is 4.74. The van der Waals surface area contributed by atoms with E-state index in [2.05, 4.69) is 40.6 Å². The first-order valence-corrected chi connectivity index (χ1v) is 8.00. The SMILES string of the molecule is Cc1nc2cc(NC3Cc4ccccc4C3)c(N)cc2s1. The normalized spacial score (nSPS) is 14.5. The molecule has 3 aromatic rings. The molecule has 21 heavy (non-hydrogen) atoms. The lowest BCUT2D eigenvalue weighted by Crippen LogP contribution is -2.20. The van der Waals surface area contributed by atoms with Gasteiger partial charge in [0.1, 0.15) is 0 Å². The van der Waals surface area contributed by atoms with Crippen LogP contribution < -0.4 is 11.1 Å². The monoisotopic (exact) mass is 295 g/mol. The third-order valence-corrected chi connectivity index (χ3v) is 5.01. The maximum Gasteiger partial charge on any atom is 0.0907 e. The summed E-state index contributed by atoms with van der Waals surface area (Å²) in [6, 6.07) is 13.2. The van der Waals surface area contributed by atoms with E-state index in [0.717, 1.165) is 39.4 Å². The van der Waals surface area contributed by atoms with Gasteiger partial charge in [0.2, 0.25) is 0 Å². The first kappa shape index (κ1) is 12.7. The molecule has 0 aliphatic heterocycles. The predicted molar refractivity (Wildman–Crippen MR) is 90.0 cm³/mol. The maximum absolute atomic E-state index is 6.20. The van der Waals surface area contributed by atoms with Gasteiger partial charge in [0.15, 0.2) is 0 Å². The molecule has 0 bridgehead atoms. The van der Waals surface area contributed by atoms with Crippen molar-refractivity contribution in [2.75, 3.05) is 11.1 Å². The highest BCUT2D eigenvalue weighted by Crippen LogP contribution is 2.32. The Hall–Kier alpha value is -2.07. The van der Waals surface area contributed by atoms with Crippen LogP contribution in [-0.4, -0.2) is 11.0 Å². The van der Waals surface area contributed by atoms with Gasteiger partial charge in [0, 0.05) is 6.04 Å². The van der Waals surface area contributed by atoms with Crippen LogP contribution in [0.4, 0.5) is 11.4 Å². The molecule has 0 amide bonds. The van der Waals surface area contributed by atoms with Crippen molar-refractivity contribution in [3.63, 3.8) is 0 Å². The summed E-state index contributed by atoms with van der Waals surface area (Å²) in [7, 11) is 0. The first-order valence-electron chi connectivity index (χ1n) is 7.19. The Morgan fingerprint density at radius 3 is 2.62 bits per heavy atom. The van der Waals surface area contributed by atoms with Crippen LogP contribution in [0.15, 0.2) is 36.4 Å². The van der Waals surface area contributed by atoms with Crippen molar-refractivity contribution in [2.45, 2.75) is 25.8 Å². The third-order valence-electron chi connectivity index (χ3n) is 4.08. The van der Waals surface area contributed by atoms with Crippen molar-refractivity contribution in [2.24, 2.45) is 0 Å².